The van der Waals surface area contributed by atoms with Gasteiger partial charge in [-0.05, 0) is 24.6 Å². The van der Waals surface area contributed by atoms with Gasteiger partial charge in [-0.1, -0.05) is 0 Å². The molecule has 1 aromatic carbocycles. The Labute approximate surface area is 144 Å². The normalized spacial score (nSPS) is 19.2. The van der Waals surface area contributed by atoms with Crippen molar-refractivity contribution in [3.63, 3.8) is 0 Å². The molecule has 2 heterocycles. The number of anilines is 1. The number of aromatic nitrogens is 2. The highest BCUT2D eigenvalue weighted by molar-refractivity contribution is 5.90. The van der Waals surface area contributed by atoms with Gasteiger partial charge < -0.3 is 9.84 Å². The van der Waals surface area contributed by atoms with E-state index in [2.05, 4.69) is 9.97 Å². The van der Waals surface area contributed by atoms with Crippen LogP contribution in [0.1, 0.15) is 24.6 Å². The fraction of sp³-hybridized carbons (Fsp3) is 0.312. The molecule has 0 bridgehead atoms. The summed E-state index contributed by atoms with van der Waals surface area (Å²) < 4.78 is 59.3. The molecule has 2 aromatic rings. The zero-order valence-electron chi connectivity index (χ0n) is 13.2. The molecule has 1 saturated heterocycles. The summed E-state index contributed by atoms with van der Waals surface area (Å²) in [7, 11) is 0. The van der Waals surface area contributed by atoms with Gasteiger partial charge in [-0.2, -0.15) is 0 Å². The van der Waals surface area contributed by atoms with E-state index in [1.54, 1.807) is 0 Å². The monoisotopic (exact) mass is 371 g/mol. The van der Waals surface area contributed by atoms with Gasteiger partial charge in [-0.15, -0.1) is 0 Å². The predicted octanol–water partition coefficient (Wildman–Crippen LogP) is 4.00. The van der Waals surface area contributed by atoms with E-state index in [9.17, 15) is 22.4 Å². The lowest BCUT2D eigenvalue weighted by Gasteiger charge is -2.29. The topological polar surface area (TPSA) is 84.3 Å². The molecule has 0 radical (unpaired) electrons. The number of nitrogens with one attached hydrogen (secondary N) is 1. The summed E-state index contributed by atoms with van der Waals surface area (Å²) in [5, 5.41) is 11.1. The van der Waals surface area contributed by atoms with Gasteiger partial charge in [-0.25, -0.2) is 32.3 Å². The number of benzene rings is 1. The van der Waals surface area contributed by atoms with Crippen molar-refractivity contribution in [3.8, 4) is 11.3 Å². The Hall–Kier alpha value is -2.75. The van der Waals surface area contributed by atoms with Crippen LogP contribution in [0.5, 0.6) is 0 Å². The molecule has 1 fully saturated rings. The molecular weight excluding hydrogens is 358 g/mol. The number of alkyl halides is 2. The minimum Gasteiger partial charge on any atom is -0.465 e. The van der Waals surface area contributed by atoms with Crippen molar-refractivity contribution in [3.05, 3.63) is 41.9 Å². The first-order chi connectivity index (χ1) is 12.3. The first-order valence-electron chi connectivity index (χ1n) is 7.56. The number of ether oxygens (including phenoxy) is 1. The van der Waals surface area contributed by atoms with Gasteiger partial charge in [-0.3, -0.25) is 5.32 Å². The second kappa shape index (κ2) is 6.87. The van der Waals surface area contributed by atoms with E-state index in [-0.39, 0.29) is 29.1 Å². The average molecular weight is 371 g/mol. The van der Waals surface area contributed by atoms with Crippen LogP contribution in [0.25, 0.3) is 11.3 Å². The van der Waals surface area contributed by atoms with E-state index in [0.717, 1.165) is 24.5 Å². The smallest absolute Gasteiger partial charge is 0.409 e. The second-order valence-electron chi connectivity index (χ2n) is 5.73. The summed E-state index contributed by atoms with van der Waals surface area (Å²) in [5.41, 5.74) is -0.759. The molecule has 1 aromatic heterocycles. The van der Waals surface area contributed by atoms with Crippen LogP contribution in [0.3, 0.4) is 0 Å². The Morgan fingerprint density at radius 1 is 1.31 bits per heavy atom. The van der Waals surface area contributed by atoms with Gasteiger partial charge in [0.25, 0.3) is 5.92 Å². The fourth-order valence-corrected chi connectivity index (χ4v) is 2.69. The molecule has 2 N–H and O–H groups in total. The van der Waals surface area contributed by atoms with Crippen LogP contribution in [0.4, 0.5) is 28.0 Å². The Balaban J connectivity index is 2.08. The van der Waals surface area contributed by atoms with Crippen LogP contribution in [0.2, 0.25) is 0 Å². The Kier molecular flexibility index (Phi) is 4.77. The summed E-state index contributed by atoms with van der Waals surface area (Å²) in [6.07, 6.45) is -2.02. The number of rotatable bonds is 3. The highest BCUT2D eigenvalue weighted by Crippen LogP contribution is 2.40. The molecule has 0 saturated carbocycles. The summed E-state index contributed by atoms with van der Waals surface area (Å²) in [4.78, 5) is 18.9. The van der Waals surface area contributed by atoms with Crippen molar-refractivity contribution in [1.29, 1.82) is 0 Å². The maximum Gasteiger partial charge on any atom is 0.409 e. The summed E-state index contributed by atoms with van der Waals surface area (Å²) in [6.45, 7) is -0.849. The van der Waals surface area contributed by atoms with E-state index in [4.69, 9.17) is 9.84 Å². The van der Waals surface area contributed by atoms with Crippen molar-refractivity contribution in [2.75, 3.05) is 11.9 Å². The zero-order valence-corrected chi connectivity index (χ0v) is 13.2. The van der Waals surface area contributed by atoms with Crippen molar-refractivity contribution in [1.82, 2.24) is 9.97 Å². The molecule has 0 aliphatic carbocycles. The highest BCUT2D eigenvalue weighted by Gasteiger charge is 2.38. The summed E-state index contributed by atoms with van der Waals surface area (Å²) in [6, 6.07) is 2.62. The van der Waals surface area contributed by atoms with Crippen molar-refractivity contribution >= 4 is 11.8 Å². The van der Waals surface area contributed by atoms with Crippen LogP contribution in [-0.4, -0.2) is 33.7 Å². The molecule has 3 rings (SSSR count). The standard InChI is InChI=1S/C16H13F4N3O3/c17-8-1-2-10(18)9(5-8)12-14(23-15(24)25)13(22-7-21-12)11-3-4-16(19,20)6-26-11/h1-2,5,7,11,23H,3-4,6H2,(H,24,25). The lowest BCUT2D eigenvalue weighted by atomic mass is 10.00. The maximum atomic E-state index is 14.1. The lowest BCUT2D eigenvalue weighted by Crippen LogP contribution is -2.31. The quantitative estimate of drug-likeness (QED) is 0.797. The number of carbonyl (C=O) groups is 1. The predicted molar refractivity (Wildman–Crippen MR) is 81.9 cm³/mol. The molecule has 26 heavy (non-hydrogen) atoms. The molecule has 0 spiro atoms. The van der Waals surface area contributed by atoms with Gasteiger partial charge in [0.1, 0.15) is 36.4 Å². The number of hydrogen-bond donors (Lipinski definition) is 2. The molecular formula is C16H13F4N3O3. The lowest BCUT2D eigenvalue weighted by molar-refractivity contribution is -0.146. The number of carboxylic acid groups (broad SMARTS) is 1. The second-order valence-corrected chi connectivity index (χ2v) is 5.73. The van der Waals surface area contributed by atoms with Gasteiger partial charge in [0.05, 0.1) is 11.4 Å². The maximum absolute atomic E-state index is 14.1. The average Bonchev–Trinajstić information content (AvgIpc) is 2.57. The van der Waals surface area contributed by atoms with Crippen LogP contribution in [0.15, 0.2) is 24.5 Å². The van der Waals surface area contributed by atoms with Crippen molar-refractivity contribution in [2.24, 2.45) is 0 Å². The largest absolute Gasteiger partial charge is 0.465 e. The Morgan fingerprint density at radius 3 is 2.73 bits per heavy atom. The number of hydrogen-bond acceptors (Lipinski definition) is 4. The minimum atomic E-state index is -2.98. The van der Waals surface area contributed by atoms with Crippen LogP contribution < -0.4 is 5.32 Å². The van der Waals surface area contributed by atoms with Crippen LogP contribution in [0, 0.1) is 11.6 Å². The van der Waals surface area contributed by atoms with Crippen molar-refractivity contribution in [2.45, 2.75) is 24.9 Å². The zero-order chi connectivity index (χ0) is 18.9. The number of halogens is 4. The summed E-state index contributed by atoms with van der Waals surface area (Å²) >= 11 is 0. The summed E-state index contributed by atoms with van der Waals surface area (Å²) in [5.74, 6) is -4.57. The molecule has 1 aliphatic heterocycles. The third-order valence-corrected chi connectivity index (χ3v) is 3.87. The number of amides is 1. The highest BCUT2D eigenvalue weighted by atomic mass is 19.3. The Bertz CT molecular complexity index is 837. The molecule has 1 unspecified atom stereocenters. The van der Waals surface area contributed by atoms with E-state index in [1.807, 2.05) is 5.32 Å². The van der Waals surface area contributed by atoms with Gasteiger partial charge in [0.15, 0.2) is 0 Å². The van der Waals surface area contributed by atoms with Crippen LogP contribution in [-0.2, 0) is 4.74 Å². The van der Waals surface area contributed by atoms with Gasteiger partial charge >= 0.3 is 6.09 Å². The molecule has 10 heteroatoms. The minimum absolute atomic E-state index is 0.0171. The van der Waals surface area contributed by atoms with E-state index in [0.29, 0.717) is 0 Å². The third kappa shape index (κ3) is 3.74. The fourth-order valence-electron chi connectivity index (χ4n) is 2.69. The molecule has 1 aliphatic rings. The van der Waals surface area contributed by atoms with E-state index >= 15 is 0 Å². The van der Waals surface area contributed by atoms with E-state index < -0.39 is 42.8 Å². The van der Waals surface area contributed by atoms with Gasteiger partial charge in [0.2, 0.25) is 0 Å². The first-order valence-corrected chi connectivity index (χ1v) is 7.56. The third-order valence-electron chi connectivity index (χ3n) is 3.87. The van der Waals surface area contributed by atoms with Crippen molar-refractivity contribution < 1.29 is 32.2 Å². The molecule has 1 amide bonds. The SMILES string of the molecule is O=C(O)Nc1c(-c2cc(F)ccc2F)ncnc1C1CCC(F)(F)CO1. The molecule has 1 atom stereocenters. The van der Waals surface area contributed by atoms with E-state index in [1.165, 1.54) is 0 Å². The Morgan fingerprint density at radius 2 is 2.08 bits per heavy atom. The molecule has 138 valence electrons. The number of nitrogens with zero attached hydrogens (tertiary/aromatic N) is 2. The first kappa shape index (κ1) is 18.1. The van der Waals surface area contributed by atoms with Gasteiger partial charge in [0, 0.05) is 12.0 Å². The van der Waals surface area contributed by atoms with Crippen LogP contribution >= 0.6 is 0 Å². The molecule has 6 nitrogen and oxygen atoms in total.